The Hall–Kier alpha value is -2.53. The topological polar surface area (TPSA) is 58.6 Å². The molecule has 2 aromatic rings. The summed E-state index contributed by atoms with van der Waals surface area (Å²) in [6, 6.07) is 14.6. The molecule has 2 aliphatic heterocycles. The maximum atomic E-state index is 12.6. The number of nitrogens with zero attached hydrogens (tertiary/aromatic N) is 1. The summed E-state index contributed by atoms with van der Waals surface area (Å²) in [5.74, 6) is 0.565. The Bertz CT molecular complexity index is 842. The molecule has 0 atom stereocenters. The van der Waals surface area contributed by atoms with Gasteiger partial charge in [-0.25, -0.2) is 0 Å². The summed E-state index contributed by atoms with van der Waals surface area (Å²) in [5, 5.41) is 3.65. The number of benzene rings is 2. The van der Waals surface area contributed by atoms with E-state index >= 15 is 0 Å². The van der Waals surface area contributed by atoms with Crippen molar-refractivity contribution >= 4 is 23.4 Å². The zero-order valence-electron chi connectivity index (χ0n) is 14.2. The van der Waals surface area contributed by atoms with E-state index in [1.807, 2.05) is 35.2 Å². The molecular weight excluding hydrogens is 352 g/mol. The number of carbonyl (C=O) groups is 2. The van der Waals surface area contributed by atoms with Crippen LogP contribution in [0.2, 0.25) is 5.02 Å². The Labute approximate surface area is 156 Å². The molecule has 6 heteroatoms. The number of para-hydroxylation sites is 1. The molecule has 1 N–H and O–H groups in total. The summed E-state index contributed by atoms with van der Waals surface area (Å²) in [6.45, 7) is 1.10. The molecule has 1 fully saturated rings. The monoisotopic (exact) mass is 370 g/mol. The minimum absolute atomic E-state index is 0.0738. The summed E-state index contributed by atoms with van der Waals surface area (Å²) in [5.41, 5.74) is 0.776. The number of piperidine rings is 1. The fourth-order valence-corrected chi connectivity index (χ4v) is 3.61. The number of amides is 2. The van der Waals surface area contributed by atoms with Crippen LogP contribution >= 0.6 is 11.6 Å². The first-order valence-electron chi connectivity index (χ1n) is 8.67. The van der Waals surface area contributed by atoms with Gasteiger partial charge >= 0.3 is 0 Å². The van der Waals surface area contributed by atoms with Crippen molar-refractivity contribution in [1.82, 2.24) is 10.2 Å². The van der Waals surface area contributed by atoms with Crippen molar-refractivity contribution in [3.8, 4) is 5.75 Å². The largest absolute Gasteiger partial charge is 0.467 e. The zero-order chi connectivity index (χ0) is 18.1. The molecule has 2 amide bonds. The van der Waals surface area contributed by atoms with Crippen LogP contribution in [0.25, 0.3) is 0 Å². The average Bonchev–Trinajstić information content (AvgIpc) is 2.64. The number of halogens is 1. The fraction of sp³-hybridized carbons (Fsp3) is 0.300. The molecule has 5 nitrogen and oxygen atoms in total. The summed E-state index contributed by atoms with van der Waals surface area (Å²) >= 11 is 5.88. The second-order valence-corrected chi connectivity index (χ2v) is 7.17. The van der Waals surface area contributed by atoms with Crippen LogP contribution < -0.4 is 10.1 Å². The third-order valence-electron chi connectivity index (χ3n) is 4.97. The predicted octanol–water partition coefficient (Wildman–Crippen LogP) is 3.02. The van der Waals surface area contributed by atoms with E-state index in [-0.39, 0.29) is 11.8 Å². The van der Waals surface area contributed by atoms with Crippen molar-refractivity contribution in [3.63, 3.8) is 0 Å². The highest BCUT2D eigenvalue weighted by atomic mass is 35.5. The first-order chi connectivity index (χ1) is 12.5. The van der Waals surface area contributed by atoms with E-state index < -0.39 is 5.72 Å². The number of hydrogen-bond donors (Lipinski definition) is 1. The number of nitrogens with one attached hydrogen (secondary N) is 1. The maximum Gasteiger partial charge on any atom is 0.258 e. The standard InChI is InChI=1S/C20H19ClN2O3/c21-15-7-5-14(6-8-15)13-18(24)23-11-9-20(10-12-23)22-19(25)16-3-1-2-4-17(16)26-20/h1-8H,9-13H2,(H,22,25). The van der Waals surface area contributed by atoms with Gasteiger partial charge in [0.1, 0.15) is 5.75 Å². The van der Waals surface area contributed by atoms with Gasteiger partial charge in [0.15, 0.2) is 5.72 Å². The summed E-state index contributed by atoms with van der Waals surface area (Å²) in [4.78, 5) is 26.7. The molecule has 1 saturated heterocycles. The van der Waals surface area contributed by atoms with Crippen molar-refractivity contribution in [2.24, 2.45) is 0 Å². The molecule has 0 aromatic heterocycles. The van der Waals surface area contributed by atoms with Gasteiger partial charge in [-0.1, -0.05) is 35.9 Å². The van der Waals surface area contributed by atoms with E-state index in [2.05, 4.69) is 5.32 Å². The van der Waals surface area contributed by atoms with Gasteiger partial charge in [0.2, 0.25) is 5.91 Å². The molecule has 4 rings (SSSR count). The lowest BCUT2D eigenvalue weighted by molar-refractivity contribution is -0.134. The Morgan fingerprint density at radius 1 is 1.12 bits per heavy atom. The molecule has 2 heterocycles. The van der Waals surface area contributed by atoms with Crippen LogP contribution in [-0.4, -0.2) is 35.5 Å². The lowest BCUT2D eigenvalue weighted by Crippen LogP contribution is -2.61. The van der Waals surface area contributed by atoms with E-state index in [1.165, 1.54) is 0 Å². The summed E-state index contributed by atoms with van der Waals surface area (Å²) in [7, 11) is 0. The molecule has 26 heavy (non-hydrogen) atoms. The van der Waals surface area contributed by atoms with Crippen LogP contribution in [0.3, 0.4) is 0 Å². The average molecular weight is 371 g/mol. The zero-order valence-corrected chi connectivity index (χ0v) is 15.0. The van der Waals surface area contributed by atoms with E-state index in [1.54, 1.807) is 18.2 Å². The Morgan fingerprint density at radius 3 is 2.54 bits per heavy atom. The van der Waals surface area contributed by atoms with Gasteiger partial charge in [0, 0.05) is 31.0 Å². The molecule has 1 spiro atoms. The Morgan fingerprint density at radius 2 is 1.81 bits per heavy atom. The Balaban J connectivity index is 1.40. The van der Waals surface area contributed by atoms with Crippen LogP contribution in [0.15, 0.2) is 48.5 Å². The SMILES string of the molecule is O=C1NC2(CCN(C(=O)Cc3ccc(Cl)cc3)CC2)Oc2ccccc21. The van der Waals surface area contributed by atoms with Gasteiger partial charge in [-0.05, 0) is 29.8 Å². The van der Waals surface area contributed by atoms with Crippen LogP contribution in [0.5, 0.6) is 5.75 Å². The van der Waals surface area contributed by atoms with E-state index in [0.29, 0.717) is 48.7 Å². The lowest BCUT2D eigenvalue weighted by atomic mass is 9.96. The van der Waals surface area contributed by atoms with Gasteiger partial charge in [0.25, 0.3) is 5.91 Å². The third kappa shape index (κ3) is 3.27. The lowest BCUT2D eigenvalue weighted by Gasteiger charge is -2.44. The van der Waals surface area contributed by atoms with Gasteiger partial charge in [0.05, 0.1) is 12.0 Å². The second-order valence-electron chi connectivity index (χ2n) is 6.73. The highest BCUT2D eigenvalue weighted by Gasteiger charge is 2.43. The number of fused-ring (bicyclic) bond motifs is 1. The molecule has 2 aromatic carbocycles. The normalized spacial score (nSPS) is 18.0. The summed E-state index contributed by atoms with van der Waals surface area (Å²) < 4.78 is 6.11. The molecule has 0 saturated carbocycles. The molecule has 2 aliphatic rings. The molecule has 0 radical (unpaired) electrons. The van der Waals surface area contributed by atoms with Gasteiger partial charge in [-0.3, -0.25) is 9.59 Å². The van der Waals surface area contributed by atoms with Crippen molar-refractivity contribution < 1.29 is 14.3 Å². The smallest absolute Gasteiger partial charge is 0.258 e. The van der Waals surface area contributed by atoms with Crippen molar-refractivity contribution in [1.29, 1.82) is 0 Å². The quantitative estimate of drug-likeness (QED) is 0.884. The highest BCUT2D eigenvalue weighted by molar-refractivity contribution is 6.30. The van der Waals surface area contributed by atoms with Gasteiger partial charge in [-0.15, -0.1) is 0 Å². The second kappa shape index (κ2) is 6.65. The van der Waals surface area contributed by atoms with Crippen molar-refractivity contribution in [3.05, 3.63) is 64.7 Å². The maximum absolute atomic E-state index is 12.6. The van der Waals surface area contributed by atoms with E-state index in [9.17, 15) is 9.59 Å². The number of ether oxygens (including phenoxy) is 1. The number of hydrogen-bond acceptors (Lipinski definition) is 3. The number of carbonyl (C=O) groups excluding carboxylic acids is 2. The Kier molecular flexibility index (Phi) is 4.32. The van der Waals surface area contributed by atoms with Crippen LogP contribution in [-0.2, 0) is 11.2 Å². The van der Waals surface area contributed by atoms with Gasteiger partial charge in [-0.2, -0.15) is 0 Å². The fourth-order valence-electron chi connectivity index (χ4n) is 3.49. The van der Waals surface area contributed by atoms with Crippen LogP contribution in [0.1, 0.15) is 28.8 Å². The summed E-state index contributed by atoms with van der Waals surface area (Å²) in [6.07, 6.45) is 1.49. The first kappa shape index (κ1) is 16.9. The van der Waals surface area contributed by atoms with Crippen LogP contribution in [0.4, 0.5) is 0 Å². The minimum atomic E-state index is -0.720. The molecule has 0 unspecified atom stereocenters. The highest BCUT2D eigenvalue weighted by Crippen LogP contribution is 2.33. The number of rotatable bonds is 2. The van der Waals surface area contributed by atoms with Crippen molar-refractivity contribution in [2.45, 2.75) is 25.0 Å². The molecule has 0 bridgehead atoms. The number of likely N-dealkylation sites (tertiary alicyclic amines) is 1. The molecule has 0 aliphatic carbocycles. The minimum Gasteiger partial charge on any atom is -0.467 e. The predicted molar refractivity (Wildman–Crippen MR) is 98.2 cm³/mol. The van der Waals surface area contributed by atoms with Crippen LogP contribution in [0, 0.1) is 0 Å². The molecular formula is C20H19ClN2O3. The molecule has 134 valence electrons. The van der Waals surface area contributed by atoms with E-state index in [0.717, 1.165) is 5.56 Å². The van der Waals surface area contributed by atoms with E-state index in [4.69, 9.17) is 16.3 Å². The van der Waals surface area contributed by atoms with Gasteiger partial charge < -0.3 is 15.0 Å². The first-order valence-corrected chi connectivity index (χ1v) is 9.05. The third-order valence-corrected chi connectivity index (χ3v) is 5.22. The van der Waals surface area contributed by atoms with Crippen molar-refractivity contribution in [2.75, 3.05) is 13.1 Å².